The second-order valence-corrected chi connectivity index (χ2v) is 3.70. The van der Waals surface area contributed by atoms with E-state index >= 15 is 0 Å². The van der Waals surface area contributed by atoms with Crippen molar-refractivity contribution in [2.75, 3.05) is 7.05 Å². The summed E-state index contributed by atoms with van der Waals surface area (Å²) in [5, 5.41) is 1.61. The van der Waals surface area contributed by atoms with E-state index in [1.54, 1.807) is 5.01 Å². The molecule has 0 aromatic rings. The molecule has 1 atom stereocenters. The summed E-state index contributed by atoms with van der Waals surface area (Å²) in [6, 6.07) is 0. The van der Waals surface area contributed by atoms with Gasteiger partial charge in [0, 0.05) is 13.2 Å². The molecule has 0 bridgehead atoms. The number of hydrazine groups is 1. The van der Waals surface area contributed by atoms with E-state index < -0.39 is 0 Å². The quantitative estimate of drug-likeness (QED) is 0.402. The molecular weight excluding hydrogens is 160 g/mol. The van der Waals surface area contributed by atoms with E-state index in [0.29, 0.717) is 11.8 Å². The zero-order chi connectivity index (χ0) is 10.4. The normalized spacial score (nSPS) is 14.5. The minimum atomic E-state index is 0.450. The van der Waals surface area contributed by atoms with Crippen molar-refractivity contribution in [2.24, 2.45) is 17.7 Å². The van der Waals surface area contributed by atoms with E-state index in [-0.39, 0.29) is 0 Å². The smallest absolute Gasteiger partial charge is 0.0222 e. The number of nitrogens with two attached hydrogens (primary N) is 1. The summed E-state index contributed by atoms with van der Waals surface area (Å²) in [4.78, 5) is 0. The minimum Gasteiger partial charge on any atom is -0.321 e. The highest BCUT2D eigenvalue weighted by atomic mass is 15.4. The average molecular weight is 182 g/mol. The Bertz CT molecular complexity index is 181. The van der Waals surface area contributed by atoms with Gasteiger partial charge in [-0.3, -0.25) is 0 Å². The Labute approximate surface area is 82.1 Å². The van der Waals surface area contributed by atoms with Crippen LogP contribution in [0.4, 0.5) is 0 Å². The Morgan fingerprint density at radius 3 is 2.31 bits per heavy atom. The molecule has 2 nitrogen and oxygen atoms in total. The van der Waals surface area contributed by atoms with E-state index in [4.69, 9.17) is 5.84 Å². The van der Waals surface area contributed by atoms with Crippen LogP contribution in [-0.2, 0) is 0 Å². The molecule has 0 aromatic carbocycles. The van der Waals surface area contributed by atoms with E-state index in [9.17, 15) is 0 Å². The number of hydrogen-bond acceptors (Lipinski definition) is 2. The van der Waals surface area contributed by atoms with Gasteiger partial charge >= 0.3 is 0 Å². The maximum absolute atomic E-state index is 5.60. The fraction of sp³-hybridized carbons (Fsp3) is 0.636. The molecule has 13 heavy (non-hydrogen) atoms. The minimum absolute atomic E-state index is 0.450. The highest BCUT2D eigenvalue weighted by molar-refractivity contribution is 5.13. The molecule has 0 aliphatic carbocycles. The van der Waals surface area contributed by atoms with E-state index in [2.05, 4.69) is 27.4 Å². The Morgan fingerprint density at radius 1 is 1.54 bits per heavy atom. The van der Waals surface area contributed by atoms with Crippen LogP contribution in [0.15, 0.2) is 24.4 Å². The summed E-state index contributed by atoms with van der Waals surface area (Å²) in [6.07, 6.45) is 5.08. The van der Waals surface area contributed by atoms with Crippen molar-refractivity contribution in [3.8, 4) is 0 Å². The summed E-state index contributed by atoms with van der Waals surface area (Å²) in [5.41, 5.74) is 1.35. The van der Waals surface area contributed by atoms with Gasteiger partial charge in [0.1, 0.15) is 0 Å². The van der Waals surface area contributed by atoms with Crippen LogP contribution in [0.1, 0.15) is 27.2 Å². The molecule has 0 aromatic heterocycles. The van der Waals surface area contributed by atoms with Gasteiger partial charge in [0.05, 0.1) is 0 Å². The summed E-state index contributed by atoms with van der Waals surface area (Å²) in [5.74, 6) is 6.57. The molecule has 0 aliphatic heterocycles. The lowest BCUT2D eigenvalue weighted by atomic mass is 9.89. The van der Waals surface area contributed by atoms with Gasteiger partial charge in [-0.25, -0.2) is 5.84 Å². The largest absolute Gasteiger partial charge is 0.321 e. The molecule has 2 heteroatoms. The first-order valence-corrected chi connectivity index (χ1v) is 4.84. The molecule has 2 N–H and O–H groups in total. The van der Waals surface area contributed by atoms with Gasteiger partial charge in [-0.1, -0.05) is 26.8 Å². The molecule has 0 amide bonds. The van der Waals surface area contributed by atoms with Gasteiger partial charge in [0.25, 0.3) is 0 Å². The summed E-state index contributed by atoms with van der Waals surface area (Å²) < 4.78 is 0. The maximum Gasteiger partial charge on any atom is 0.0222 e. The van der Waals surface area contributed by atoms with Gasteiger partial charge < -0.3 is 5.01 Å². The third kappa shape index (κ3) is 4.13. The summed E-state index contributed by atoms with van der Waals surface area (Å²) in [6.45, 7) is 10.4. The highest BCUT2D eigenvalue weighted by Crippen LogP contribution is 2.23. The SMILES string of the molecule is C=CC(CC)/C(=C\N(C)N)C(C)C. The molecule has 0 saturated heterocycles. The molecule has 76 valence electrons. The third-order valence-electron chi connectivity index (χ3n) is 2.17. The van der Waals surface area contributed by atoms with Crippen LogP contribution in [0, 0.1) is 11.8 Å². The molecule has 0 radical (unpaired) electrons. The van der Waals surface area contributed by atoms with E-state index in [0.717, 1.165) is 6.42 Å². The molecule has 0 rings (SSSR count). The summed E-state index contributed by atoms with van der Waals surface area (Å²) in [7, 11) is 1.85. The lowest BCUT2D eigenvalue weighted by molar-refractivity contribution is 0.460. The number of allylic oxidation sites excluding steroid dienone is 2. The van der Waals surface area contributed by atoms with Crippen molar-refractivity contribution in [3.63, 3.8) is 0 Å². The van der Waals surface area contributed by atoms with Crippen LogP contribution in [0.2, 0.25) is 0 Å². The molecule has 0 aliphatic rings. The second-order valence-electron chi connectivity index (χ2n) is 3.70. The molecule has 0 fully saturated rings. The molecule has 0 spiro atoms. The number of rotatable bonds is 5. The van der Waals surface area contributed by atoms with Gasteiger partial charge in [-0.05, 0) is 23.8 Å². The predicted molar refractivity (Wildman–Crippen MR) is 58.8 cm³/mol. The first-order valence-electron chi connectivity index (χ1n) is 4.84. The Balaban J connectivity index is 4.67. The fourth-order valence-electron chi connectivity index (χ4n) is 1.45. The van der Waals surface area contributed by atoms with Crippen molar-refractivity contribution in [1.82, 2.24) is 5.01 Å². The zero-order valence-corrected chi connectivity index (χ0v) is 9.25. The highest BCUT2D eigenvalue weighted by Gasteiger charge is 2.12. The van der Waals surface area contributed by atoms with Gasteiger partial charge in [-0.15, -0.1) is 6.58 Å². The van der Waals surface area contributed by atoms with Crippen LogP contribution in [-0.4, -0.2) is 12.1 Å². The van der Waals surface area contributed by atoms with Crippen molar-refractivity contribution in [3.05, 3.63) is 24.4 Å². The zero-order valence-electron chi connectivity index (χ0n) is 9.25. The standard InChI is InChI=1S/C11H22N2/c1-6-10(7-2)11(9(3)4)8-13(5)12/h6,8-10H,1,7,12H2,2-5H3/b11-8-. The topological polar surface area (TPSA) is 29.3 Å². The van der Waals surface area contributed by atoms with Crippen LogP contribution >= 0.6 is 0 Å². The molecule has 1 unspecified atom stereocenters. The second kappa shape index (κ2) is 5.81. The Hall–Kier alpha value is -0.760. The van der Waals surface area contributed by atoms with Crippen LogP contribution < -0.4 is 5.84 Å². The third-order valence-corrected chi connectivity index (χ3v) is 2.17. The lowest BCUT2D eigenvalue weighted by Crippen LogP contribution is -2.21. The van der Waals surface area contributed by atoms with Crippen molar-refractivity contribution in [1.29, 1.82) is 0 Å². The monoisotopic (exact) mass is 182 g/mol. The van der Waals surface area contributed by atoms with Gasteiger partial charge in [0.2, 0.25) is 0 Å². The number of nitrogens with zero attached hydrogens (tertiary/aromatic N) is 1. The molecular formula is C11H22N2. The number of hydrogen-bond donors (Lipinski definition) is 1. The molecule has 0 heterocycles. The van der Waals surface area contributed by atoms with Crippen LogP contribution in [0.25, 0.3) is 0 Å². The van der Waals surface area contributed by atoms with Gasteiger partial charge in [0.15, 0.2) is 0 Å². The maximum atomic E-state index is 5.60. The van der Waals surface area contributed by atoms with Crippen molar-refractivity contribution < 1.29 is 0 Å². The lowest BCUT2D eigenvalue weighted by Gasteiger charge is -2.20. The Morgan fingerprint density at radius 2 is 2.08 bits per heavy atom. The van der Waals surface area contributed by atoms with Crippen molar-refractivity contribution in [2.45, 2.75) is 27.2 Å². The van der Waals surface area contributed by atoms with Crippen molar-refractivity contribution >= 4 is 0 Å². The summed E-state index contributed by atoms with van der Waals surface area (Å²) >= 11 is 0. The predicted octanol–water partition coefficient (Wildman–Crippen LogP) is 2.54. The first kappa shape index (κ1) is 12.2. The van der Waals surface area contributed by atoms with Gasteiger partial charge in [-0.2, -0.15) is 0 Å². The van der Waals surface area contributed by atoms with E-state index in [1.807, 2.05) is 19.3 Å². The van der Waals surface area contributed by atoms with E-state index in [1.165, 1.54) is 5.57 Å². The Kier molecular flexibility index (Phi) is 5.47. The van der Waals surface area contributed by atoms with Crippen LogP contribution in [0.5, 0.6) is 0 Å². The average Bonchev–Trinajstić information content (AvgIpc) is 2.04. The fourth-order valence-corrected chi connectivity index (χ4v) is 1.45. The molecule has 0 saturated carbocycles. The first-order chi connectivity index (χ1) is 6.02. The van der Waals surface area contributed by atoms with Crippen LogP contribution in [0.3, 0.4) is 0 Å².